The molecule has 0 aliphatic carbocycles. The summed E-state index contributed by atoms with van der Waals surface area (Å²) in [5.41, 5.74) is 3.57. The number of morpholine rings is 1. The van der Waals surface area contributed by atoms with Crippen molar-refractivity contribution in [2.75, 3.05) is 32.8 Å². The van der Waals surface area contributed by atoms with Gasteiger partial charge in [-0.3, -0.25) is 10.00 Å². The number of halogens is 1. The van der Waals surface area contributed by atoms with Crippen LogP contribution in [-0.4, -0.2) is 47.9 Å². The largest absolute Gasteiger partial charge is 0.379 e. The van der Waals surface area contributed by atoms with Gasteiger partial charge in [0.25, 0.3) is 0 Å². The molecule has 0 saturated carbocycles. The second-order valence-corrected chi connectivity index (χ2v) is 6.74. The molecule has 6 heteroatoms. The lowest BCUT2D eigenvalue weighted by Crippen LogP contribution is -2.43. The van der Waals surface area contributed by atoms with Gasteiger partial charge in [-0.25, -0.2) is 0 Å². The van der Waals surface area contributed by atoms with E-state index in [0.717, 1.165) is 43.6 Å². The minimum atomic E-state index is 0.242. The lowest BCUT2D eigenvalue weighted by atomic mass is 10.0. The molecule has 24 heavy (non-hydrogen) atoms. The summed E-state index contributed by atoms with van der Waals surface area (Å²) in [7, 11) is 0. The smallest absolute Gasteiger partial charge is 0.0594 e. The Morgan fingerprint density at radius 3 is 2.83 bits per heavy atom. The summed E-state index contributed by atoms with van der Waals surface area (Å²) in [5, 5.41) is 11.6. The van der Waals surface area contributed by atoms with Crippen molar-refractivity contribution in [3.8, 4) is 0 Å². The number of aryl methyl sites for hydroxylation is 1. The van der Waals surface area contributed by atoms with Gasteiger partial charge in [-0.1, -0.05) is 23.7 Å². The Morgan fingerprint density at radius 2 is 2.17 bits per heavy atom. The molecule has 130 valence electrons. The van der Waals surface area contributed by atoms with Crippen molar-refractivity contribution in [3.63, 3.8) is 0 Å². The summed E-state index contributed by atoms with van der Waals surface area (Å²) >= 11 is 6.22. The highest BCUT2D eigenvalue weighted by molar-refractivity contribution is 6.30. The summed E-state index contributed by atoms with van der Waals surface area (Å²) in [5.74, 6) is 0. The number of H-pyrrole nitrogens is 1. The van der Waals surface area contributed by atoms with Gasteiger partial charge >= 0.3 is 0 Å². The highest BCUT2D eigenvalue weighted by Crippen LogP contribution is 2.25. The lowest BCUT2D eigenvalue weighted by molar-refractivity contribution is 0.0157. The molecule has 0 unspecified atom stereocenters. The van der Waals surface area contributed by atoms with E-state index in [0.29, 0.717) is 0 Å². The van der Waals surface area contributed by atoms with Crippen LogP contribution in [-0.2, 0) is 4.74 Å². The molecule has 3 rings (SSSR count). The maximum Gasteiger partial charge on any atom is 0.0594 e. The fourth-order valence-corrected chi connectivity index (χ4v) is 3.45. The second-order valence-electron chi connectivity index (χ2n) is 6.30. The first-order valence-corrected chi connectivity index (χ1v) is 8.83. The van der Waals surface area contributed by atoms with E-state index in [9.17, 15) is 0 Å². The van der Waals surface area contributed by atoms with Crippen LogP contribution >= 0.6 is 11.6 Å². The molecule has 1 aliphatic heterocycles. The second kappa shape index (κ2) is 8.12. The Morgan fingerprint density at radius 1 is 1.38 bits per heavy atom. The van der Waals surface area contributed by atoms with Crippen LogP contribution in [0.2, 0.25) is 5.02 Å². The third kappa shape index (κ3) is 4.16. The highest BCUT2D eigenvalue weighted by Gasteiger charge is 2.23. The van der Waals surface area contributed by atoms with Crippen LogP contribution in [0, 0.1) is 6.92 Å². The molecule has 0 radical (unpaired) electrons. The SMILES string of the molecule is Cc1[nH]ncc1[C@H](C)NC[C@H](c1cccc(Cl)c1)N1CCOCC1. The Labute approximate surface area is 148 Å². The first kappa shape index (κ1) is 17.4. The van der Waals surface area contributed by atoms with Crippen molar-refractivity contribution in [1.29, 1.82) is 0 Å². The van der Waals surface area contributed by atoms with E-state index in [-0.39, 0.29) is 12.1 Å². The van der Waals surface area contributed by atoms with E-state index in [4.69, 9.17) is 16.3 Å². The molecule has 5 nitrogen and oxygen atoms in total. The standard InChI is InChI=1S/C18H25ClN4O/c1-13(17-11-21-22-14(17)2)20-12-18(23-6-8-24-9-7-23)15-4-3-5-16(19)10-15/h3-5,10-11,13,18,20H,6-9,12H2,1-2H3,(H,21,22)/t13-,18+/m0/s1. The number of hydrogen-bond acceptors (Lipinski definition) is 4. The van der Waals surface area contributed by atoms with Crippen molar-refractivity contribution in [3.05, 3.63) is 52.3 Å². The number of aromatic nitrogens is 2. The van der Waals surface area contributed by atoms with Crippen LogP contribution in [0.4, 0.5) is 0 Å². The number of nitrogens with zero attached hydrogens (tertiary/aromatic N) is 2. The fraction of sp³-hybridized carbons (Fsp3) is 0.500. The summed E-state index contributed by atoms with van der Waals surface area (Å²) < 4.78 is 5.51. The average molecular weight is 349 g/mol. The number of aromatic amines is 1. The van der Waals surface area contributed by atoms with Gasteiger partial charge in [0.1, 0.15) is 0 Å². The topological polar surface area (TPSA) is 53.2 Å². The van der Waals surface area contributed by atoms with E-state index >= 15 is 0 Å². The van der Waals surface area contributed by atoms with Gasteiger partial charge in [0.15, 0.2) is 0 Å². The lowest BCUT2D eigenvalue weighted by Gasteiger charge is -2.35. The average Bonchev–Trinajstić information content (AvgIpc) is 3.02. The van der Waals surface area contributed by atoms with Crippen molar-refractivity contribution >= 4 is 11.6 Å². The monoisotopic (exact) mass is 348 g/mol. The normalized spacial score (nSPS) is 18.5. The Balaban J connectivity index is 1.73. The summed E-state index contributed by atoms with van der Waals surface area (Å²) in [6.45, 7) is 8.53. The Hall–Kier alpha value is -1.40. The van der Waals surface area contributed by atoms with Gasteiger partial charge in [0.05, 0.1) is 19.4 Å². The molecule has 2 aromatic rings. The van der Waals surface area contributed by atoms with Gasteiger partial charge in [0, 0.05) is 48.0 Å². The molecule has 2 heterocycles. The molecular formula is C18H25ClN4O. The first-order chi connectivity index (χ1) is 11.6. The molecule has 0 bridgehead atoms. The molecule has 1 saturated heterocycles. The first-order valence-electron chi connectivity index (χ1n) is 8.45. The van der Waals surface area contributed by atoms with Crippen molar-refractivity contribution in [2.45, 2.75) is 25.9 Å². The Kier molecular flexibility index (Phi) is 5.89. The molecular weight excluding hydrogens is 324 g/mol. The van der Waals surface area contributed by atoms with Gasteiger partial charge in [0.2, 0.25) is 0 Å². The molecule has 0 amide bonds. The molecule has 1 aromatic heterocycles. The predicted octanol–water partition coefficient (Wildman–Crippen LogP) is 3.10. The zero-order valence-corrected chi connectivity index (χ0v) is 15.0. The number of hydrogen-bond donors (Lipinski definition) is 2. The van der Waals surface area contributed by atoms with Crippen molar-refractivity contribution in [2.24, 2.45) is 0 Å². The predicted molar refractivity (Wildman–Crippen MR) is 96.3 cm³/mol. The molecule has 1 fully saturated rings. The fourth-order valence-electron chi connectivity index (χ4n) is 3.26. The third-order valence-corrected chi connectivity index (χ3v) is 4.91. The number of nitrogens with one attached hydrogen (secondary N) is 2. The van der Waals surface area contributed by atoms with Crippen LogP contribution < -0.4 is 5.32 Å². The van der Waals surface area contributed by atoms with Gasteiger partial charge in [-0.15, -0.1) is 0 Å². The quantitative estimate of drug-likeness (QED) is 0.842. The molecule has 2 N–H and O–H groups in total. The summed E-state index contributed by atoms with van der Waals surface area (Å²) in [6.07, 6.45) is 1.90. The minimum Gasteiger partial charge on any atom is -0.379 e. The maximum atomic E-state index is 6.22. The molecule has 1 aromatic carbocycles. The molecule has 1 aliphatic rings. The van der Waals surface area contributed by atoms with Crippen LogP contribution in [0.3, 0.4) is 0 Å². The van der Waals surface area contributed by atoms with Crippen molar-refractivity contribution < 1.29 is 4.74 Å². The van der Waals surface area contributed by atoms with Crippen LogP contribution in [0.25, 0.3) is 0 Å². The van der Waals surface area contributed by atoms with E-state index in [1.54, 1.807) is 0 Å². The number of benzene rings is 1. The summed E-state index contributed by atoms with van der Waals surface area (Å²) in [6, 6.07) is 8.69. The zero-order chi connectivity index (χ0) is 16.9. The van der Waals surface area contributed by atoms with Gasteiger partial charge in [-0.2, -0.15) is 5.10 Å². The summed E-state index contributed by atoms with van der Waals surface area (Å²) in [4.78, 5) is 2.47. The van der Waals surface area contributed by atoms with Crippen LogP contribution in [0.1, 0.15) is 35.8 Å². The highest BCUT2D eigenvalue weighted by atomic mass is 35.5. The van der Waals surface area contributed by atoms with E-state index in [1.807, 2.05) is 18.3 Å². The number of rotatable bonds is 6. The Bertz CT molecular complexity index is 654. The van der Waals surface area contributed by atoms with E-state index in [1.165, 1.54) is 11.1 Å². The minimum absolute atomic E-state index is 0.242. The number of ether oxygens (including phenoxy) is 1. The van der Waals surface area contributed by atoms with Gasteiger partial charge < -0.3 is 10.1 Å². The zero-order valence-electron chi connectivity index (χ0n) is 14.3. The molecule has 0 spiro atoms. The van der Waals surface area contributed by atoms with Gasteiger partial charge in [-0.05, 0) is 31.5 Å². The van der Waals surface area contributed by atoms with Crippen molar-refractivity contribution in [1.82, 2.24) is 20.4 Å². The van der Waals surface area contributed by atoms with E-state index < -0.39 is 0 Å². The van der Waals surface area contributed by atoms with Crippen LogP contribution in [0.15, 0.2) is 30.5 Å². The molecule has 2 atom stereocenters. The van der Waals surface area contributed by atoms with Crippen LogP contribution in [0.5, 0.6) is 0 Å². The maximum absolute atomic E-state index is 6.22. The van der Waals surface area contributed by atoms with E-state index in [2.05, 4.69) is 46.4 Å². The third-order valence-electron chi connectivity index (χ3n) is 4.67.